The quantitative estimate of drug-likeness (QED) is 0.915. The molecule has 1 aliphatic heterocycles. The molecule has 1 atom stereocenters. The molecule has 1 N–H and O–H groups in total. The molecule has 1 saturated heterocycles. The summed E-state index contributed by atoms with van der Waals surface area (Å²) in [5.74, 6) is 0.736. The Kier molecular flexibility index (Phi) is 5.43. The summed E-state index contributed by atoms with van der Waals surface area (Å²) in [6.45, 7) is 3.75. The number of ether oxygens (including phenoxy) is 1. The monoisotopic (exact) mass is 340 g/mol. The number of carbonyl (C=O) groups excluding carboxylic acids is 1. The van der Waals surface area contributed by atoms with Crippen molar-refractivity contribution in [2.24, 2.45) is 0 Å². The van der Waals surface area contributed by atoms with Crippen LogP contribution in [0.15, 0.2) is 28.7 Å². The molecule has 0 radical (unpaired) electrons. The van der Waals surface area contributed by atoms with E-state index in [1.807, 2.05) is 36.2 Å². The molecule has 20 heavy (non-hydrogen) atoms. The Morgan fingerprint density at radius 3 is 2.70 bits per heavy atom. The zero-order valence-electron chi connectivity index (χ0n) is 11.9. The fourth-order valence-electron chi connectivity index (χ4n) is 2.44. The summed E-state index contributed by atoms with van der Waals surface area (Å²) in [6, 6.07) is 7.90. The molecule has 0 unspecified atom stereocenters. The van der Waals surface area contributed by atoms with Gasteiger partial charge in [-0.2, -0.15) is 0 Å². The highest BCUT2D eigenvalue weighted by molar-refractivity contribution is 9.10. The van der Waals surface area contributed by atoms with E-state index in [4.69, 9.17) is 4.74 Å². The normalized spacial score (nSPS) is 17.6. The average Bonchev–Trinajstić information content (AvgIpc) is 2.49. The van der Waals surface area contributed by atoms with Gasteiger partial charge in [0, 0.05) is 13.1 Å². The lowest BCUT2D eigenvalue weighted by atomic mass is 10.0. The fraction of sp³-hybridized carbons (Fsp3) is 0.533. The summed E-state index contributed by atoms with van der Waals surface area (Å²) in [4.78, 5) is 14.3. The first-order valence-electron chi connectivity index (χ1n) is 6.98. The number of halogens is 1. The number of para-hydroxylation sites is 1. The molecule has 0 bridgehead atoms. The summed E-state index contributed by atoms with van der Waals surface area (Å²) in [6.07, 6.45) is 1.53. The first-order valence-corrected chi connectivity index (χ1v) is 7.77. The summed E-state index contributed by atoms with van der Waals surface area (Å²) in [7, 11) is 1.87. The maximum atomic E-state index is 12.4. The smallest absolute Gasteiger partial charge is 0.263 e. The zero-order chi connectivity index (χ0) is 14.5. The molecule has 0 spiro atoms. The predicted octanol–water partition coefficient (Wildman–Crippen LogP) is 2.43. The van der Waals surface area contributed by atoms with E-state index in [1.54, 1.807) is 6.92 Å². The maximum absolute atomic E-state index is 12.4. The molecular weight excluding hydrogens is 320 g/mol. The van der Waals surface area contributed by atoms with Crippen molar-refractivity contribution in [3.63, 3.8) is 0 Å². The van der Waals surface area contributed by atoms with Gasteiger partial charge in [0.15, 0.2) is 6.10 Å². The minimum Gasteiger partial charge on any atom is -0.480 e. The SMILES string of the molecule is C[C@H](Oc1ccccc1Br)C(=O)N(C)C1CCNCC1. The van der Waals surface area contributed by atoms with E-state index in [-0.39, 0.29) is 5.91 Å². The standard InChI is InChI=1S/C15H21BrN2O2/c1-11(20-14-6-4-3-5-13(14)16)15(19)18(2)12-7-9-17-10-8-12/h3-6,11-12,17H,7-10H2,1-2H3/t11-/m0/s1. The molecule has 110 valence electrons. The highest BCUT2D eigenvalue weighted by Gasteiger charge is 2.26. The third-order valence-corrected chi connectivity index (χ3v) is 4.35. The third-order valence-electron chi connectivity index (χ3n) is 3.69. The molecule has 1 heterocycles. The first-order chi connectivity index (χ1) is 9.59. The molecule has 4 nitrogen and oxygen atoms in total. The predicted molar refractivity (Wildman–Crippen MR) is 82.9 cm³/mol. The van der Waals surface area contributed by atoms with Gasteiger partial charge >= 0.3 is 0 Å². The van der Waals surface area contributed by atoms with Crippen LogP contribution in [0.5, 0.6) is 5.75 Å². The average molecular weight is 341 g/mol. The number of rotatable bonds is 4. The lowest BCUT2D eigenvalue weighted by Crippen LogP contribution is -2.48. The van der Waals surface area contributed by atoms with Crippen molar-refractivity contribution in [1.82, 2.24) is 10.2 Å². The Balaban J connectivity index is 1.96. The Labute approximate surface area is 128 Å². The van der Waals surface area contributed by atoms with Crippen molar-refractivity contribution >= 4 is 21.8 Å². The van der Waals surface area contributed by atoms with Crippen molar-refractivity contribution < 1.29 is 9.53 Å². The van der Waals surface area contributed by atoms with Gasteiger partial charge in [0.1, 0.15) is 5.75 Å². The van der Waals surface area contributed by atoms with E-state index in [2.05, 4.69) is 21.2 Å². The largest absolute Gasteiger partial charge is 0.480 e. The Morgan fingerprint density at radius 1 is 1.40 bits per heavy atom. The van der Waals surface area contributed by atoms with Crippen molar-refractivity contribution in [3.8, 4) is 5.75 Å². The Morgan fingerprint density at radius 2 is 2.05 bits per heavy atom. The molecule has 1 amide bonds. The van der Waals surface area contributed by atoms with Gasteiger partial charge in [0.25, 0.3) is 5.91 Å². The van der Waals surface area contributed by atoms with Gasteiger partial charge in [-0.1, -0.05) is 12.1 Å². The maximum Gasteiger partial charge on any atom is 0.263 e. The van der Waals surface area contributed by atoms with E-state index in [1.165, 1.54) is 0 Å². The lowest BCUT2D eigenvalue weighted by Gasteiger charge is -2.33. The molecule has 5 heteroatoms. The number of hydrogen-bond acceptors (Lipinski definition) is 3. The van der Waals surface area contributed by atoms with Crippen LogP contribution in [-0.4, -0.2) is 43.1 Å². The minimum atomic E-state index is -0.478. The van der Waals surface area contributed by atoms with Gasteiger partial charge in [-0.05, 0) is 60.9 Å². The summed E-state index contributed by atoms with van der Waals surface area (Å²) >= 11 is 3.43. The van der Waals surface area contributed by atoms with Crippen LogP contribution < -0.4 is 10.1 Å². The second kappa shape index (κ2) is 7.09. The highest BCUT2D eigenvalue weighted by atomic mass is 79.9. The van der Waals surface area contributed by atoms with Crippen LogP contribution in [0.2, 0.25) is 0 Å². The highest BCUT2D eigenvalue weighted by Crippen LogP contribution is 2.25. The molecule has 1 fully saturated rings. The van der Waals surface area contributed by atoms with Crippen molar-refractivity contribution in [2.75, 3.05) is 20.1 Å². The van der Waals surface area contributed by atoms with Gasteiger partial charge in [-0.15, -0.1) is 0 Å². The molecule has 0 saturated carbocycles. The van der Waals surface area contributed by atoms with Crippen LogP contribution in [-0.2, 0) is 4.79 Å². The molecule has 2 rings (SSSR count). The molecule has 1 aliphatic rings. The van der Waals surface area contributed by atoms with Crippen LogP contribution >= 0.6 is 15.9 Å². The van der Waals surface area contributed by atoms with Crippen LogP contribution in [0.3, 0.4) is 0 Å². The van der Waals surface area contributed by atoms with Crippen molar-refractivity contribution in [2.45, 2.75) is 31.9 Å². The van der Waals surface area contributed by atoms with Crippen LogP contribution in [0.1, 0.15) is 19.8 Å². The Hall–Kier alpha value is -1.07. The van der Waals surface area contributed by atoms with Gasteiger partial charge in [0.05, 0.1) is 4.47 Å². The van der Waals surface area contributed by atoms with E-state index in [0.29, 0.717) is 11.8 Å². The molecule has 0 aliphatic carbocycles. The van der Waals surface area contributed by atoms with Crippen molar-refractivity contribution in [3.05, 3.63) is 28.7 Å². The van der Waals surface area contributed by atoms with E-state index in [9.17, 15) is 4.79 Å². The van der Waals surface area contributed by atoms with Crippen molar-refractivity contribution in [1.29, 1.82) is 0 Å². The summed E-state index contributed by atoms with van der Waals surface area (Å²) in [5.41, 5.74) is 0. The number of amides is 1. The van der Waals surface area contributed by atoms with Gasteiger partial charge in [-0.3, -0.25) is 4.79 Å². The second-order valence-electron chi connectivity index (χ2n) is 5.12. The number of nitrogens with one attached hydrogen (secondary N) is 1. The number of carbonyl (C=O) groups is 1. The summed E-state index contributed by atoms with van der Waals surface area (Å²) in [5, 5.41) is 3.31. The molecule has 1 aromatic carbocycles. The number of benzene rings is 1. The first kappa shape index (κ1) is 15.3. The van der Waals surface area contributed by atoms with E-state index in [0.717, 1.165) is 30.4 Å². The molecular formula is C15H21BrN2O2. The minimum absolute atomic E-state index is 0.0349. The number of hydrogen-bond donors (Lipinski definition) is 1. The topological polar surface area (TPSA) is 41.6 Å². The number of piperidine rings is 1. The van der Waals surface area contributed by atoms with E-state index >= 15 is 0 Å². The van der Waals surface area contributed by atoms with Crippen LogP contribution in [0, 0.1) is 0 Å². The third kappa shape index (κ3) is 3.73. The van der Waals surface area contributed by atoms with Gasteiger partial charge < -0.3 is 15.0 Å². The van der Waals surface area contributed by atoms with Crippen LogP contribution in [0.25, 0.3) is 0 Å². The molecule has 0 aromatic heterocycles. The number of nitrogens with zero attached hydrogens (tertiary/aromatic N) is 1. The van der Waals surface area contributed by atoms with E-state index < -0.39 is 6.10 Å². The van der Waals surface area contributed by atoms with Gasteiger partial charge in [0.2, 0.25) is 0 Å². The zero-order valence-corrected chi connectivity index (χ0v) is 13.5. The summed E-state index contributed by atoms with van der Waals surface area (Å²) < 4.78 is 6.63. The second-order valence-corrected chi connectivity index (χ2v) is 5.98. The Bertz CT molecular complexity index is 461. The van der Waals surface area contributed by atoms with Gasteiger partial charge in [-0.25, -0.2) is 0 Å². The molecule has 1 aromatic rings. The fourth-order valence-corrected chi connectivity index (χ4v) is 2.82. The van der Waals surface area contributed by atoms with Crippen LogP contribution in [0.4, 0.5) is 0 Å². The number of likely N-dealkylation sites (N-methyl/N-ethyl adjacent to an activating group) is 1. The lowest BCUT2D eigenvalue weighted by molar-refractivity contribution is -0.139.